The summed E-state index contributed by atoms with van der Waals surface area (Å²) in [5.41, 5.74) is 0. The van der Waals surface area contributed by atoms with Crippen LogP contribution in [0, 0.1) is 0 Å². The number of rotatable bonds is 4. The molecule has 0 saturated heterocycles. The second-order valence-corrected chi connectivity index (χ2v) is 2.23. The van der Waals surface area contributed by atoms with Gasteiger partial charge in [0.25, 0.3) is 0 Å². The molecular formula is C5H12O6. The standard InChI is InChI=1S/C5H12O6/c6-1-3(8)4(9)5(10,11)2-7/h3-4,6-11H,1-2H2/t3-,4+/m1/s1. The van der Waals surface area contributed by atoms with Crippen LogP contribution in [-0.2, 0) is 0 Å². The smallest absolute Gasteiger partial charge is 0.216 e. The predicted molar refractivity (Wildman–Crippen MR) is 33.4 cm³/mol. The Bertz CT molecular complexity index is 114. The van der Waals surface area contributed by atoms with Crippen molar-refractivity contribution in [1.82, 2.24) is 0 Å². The minimum Gasteiger partial charge on any atom is -0.394 e. The van der Waals surface area contributed by atoms with Gasteiger partial charge in [-0.05, 0) is 0 Å². The lowest BCUT2D eigenvalue weighted by Gasteiger charge is -2.27. The van der Waals surface area contributed by atoms with E-state index >= 15 is 0 Å². The fourth-order valence-electron chi connectivity index (χ4n) is 0.501. The monoisotopic (exact) mass is 168 g/mol. The molecule has 0 rings (SSSR count). The maximum absolute atomic E-state index is 8.78. The van der Waals surface area contributed by atoms with Crippen molar-refractivity contribution in [3.8, 4) is 0 Å². The van der Waals surface area contributed by atoms with Gasteiger partial charge in [0.15, 0.2) is 0 Å². The molecule has 0 amide bonds. The Morgan fingerprint density at radius 1 is 1.09 bits per heavy atom. The first-order valence-corrected chi connectivity index (χ1v) is 2.98. The molecule has 0 aliphatic heterocycles. The second-order valence-electron chi connectivity index (χ2n) is 2.23. The van der Waals surface area contributed by atoms with E-state index in [1.54, 1.807) is 0 Å². The van der Waals surface area contributed by atoms with Gasteiger partial charge < -0.3 is 30.6 Å². The van der Waals surface area contributed by atoms with Crippen LogP contribution in [0.1, 0.15) is 0 Å². The van der Waals surface area contributed by atoms with Gasteiger partial charge in [0.1, 0.15) is 12.2 Å². The number of hydrogen-bond acceptors (Lipinski definition) is 6. The van der Waals surface area contributed by atoms with E-state index in [1.165, 1.54) is 0 Å². The SMILES string of the molecule is OC[C@@H](O)[C@H](O)C(O)(O)CO. The quantitative estimate of drug-likeness (QED) is 0.241. The van der Waals surface area contributed by atoms with E-state index < -0.39 is 31.2 Å². The lowest BCUT2D eigenvalue weighted by Crippen LogP contribution is -2.52. The van der Waals surface area contributed by atoms with Crippen molar-refractivity contribution < 1.29 is 30.6 Å². The maximum Gasteiger partial charge on any atom is 0.216 e. The molecule has 0 bridgehead atoms. The summed E-state index contributed by atoms with van der Waals surface area (Å²) in [5, 5.41) is 51.3. The van der Waals surface area contributed by atoms with Crippen LogP contribution in [0.4, 0.5) is 0 Å². The molecule has 6 heteroatoms. The highest BCUT2D eigenvalue weighted by molar-refractivity contribution is 4.79. The fraction of sp³-hybridized carbons (Fsp3) is 1.00. The van der Waals surface area contributed by atoms with E-state index in [-0.39, 0.29) is 0 Å². The summed E-state index contributed by atoms with van der Waals surface area (Å²) in [7, 11) is 0. The van der Waals surface area contributed by atoms with Gasteiger partial charge in [-0.2, -0.15) is 0 Å². The van der Waals surface area contributed by atoms with Crippen LogP contribution in [-0.4, -0.2) is 61.8 Å². The molecule has 6 nitrogen and oxygen atoms in total. The normalized spacial score (nSPS) is 18.0. The molecule has 0 fully saturated rings. The average molecular weight is 168 g/mol. The molecular weight excluding hydrogens is 156 g/mol. The van der Waals surface area contributed by atoms with Crippen molar-refractivity contribution in [3.05, 3.63) is 0 Å². The molecule has 0 unspecified atom stereocenters. The van der Waals surface area contributed by atoms with E-state index in [0.717, 1.165) is 0 Å². The van der Waals surface area contributed by atoms with Crippen LogP contribution in [0.25, 0.3) is 0 Å². The first kappa shape index (κ1) is 10.8. The molecule has 11 heavy (non-hydrogen) atoms. The van der Waals surface area contributed by atoms with Gasteiger partial charge in [-0.25, -0.2) is 0 Å². The zero-order valence-corrected chi connectivity index (χ0v) is 5.75. The molecule has 0 aliphatic carbocycles. The van der Waals surface area contributed by atoms with E-state index in [2.05, 4.69) is 0 Å². The topological polar surface area (TPSA) is 121 Å². The van der Waals surface area contributed by atoms with Crippen LogP contribution in [0.5, 0.6) is 0 Å². The predicted octanol–water partition coefficient (Wildman–Crippen LogP) is -3.63. The summed E-state index contributed by atoms with van der Waals surface area (Å²) in [6.45, 7) is -1.94. The molecule has 0 spiro atoms. The summed E-state index contributed by atoms with van der Waals surface area (Å²) < 4.78 is 0. The Kier molecular flexibility index (Phi) is 3.87. The Morgan fingerprint density at radius 2 is 1.55 bits per heavy atom. The van der Waals surface area contributed by atoms with Gasteiger partial charge >= 0.3 is 0 Å². The molecule has 0 heterocycles. The molecule has 0 aromatic carbocycles. The zero-order valence-electron chi connectivity index (χ0n) is 5.75. The summed E-state index contributed by atoms with van der Waals surface area (Å²) in [5.74, 6) is -2.78. The van der Waals surface area contributed by atoms with Crippen molar-refractivity contribution >= 4 is 0 Å². The van der Waals surface area contributed by atoms with Crippen LogP contribution in [0.3, 0.4) is 0 Å². The summed E-state index contributed by atoms with van der Waals surface area (Å²) in [6, 6.07) is 0. The van der Waals surface area contributed by atoms with Crippen molar-refractivity contribution in [1.29, 1.82) is 0 Å². The third-order valence-corrected chi connectivity index (χ3v) is 1.26. The second kappa shape index (κ2) is 3.96. The van der Waals surface area contributed by atoms with Crippen LogP contribution >= 0.6 is 0 Å². The molecule has 0 aliphatic rings. The summed E-state index contributed by atoms with van der Waals surface area (Å²) in [4.78, 5) is 0. The van der Waals surface area contributed by atoms with Crippen molar-refractivity contribution in [2.75, 3.05) is 13.2 Å². The highest BCUT2D eigenvalue weighted by atomic mass is 16.5. The molecule has 2 atom stereocenters. The highest BCUT2D eigenvalue weighted by Crippen LogP contribution is 2.08. The Balaban J connectivity index is 4.10. The number of hydrogen-bond donors (Lipinski definition) is 6. The third kappa shape index (κ3) is 2.70. The lowest BCUT2D eigenvalue weighted by molar-refractivity contribution is -0.265. The van der Waals surface area contributed by atoms with Gasteiger partial charge in [0, 0.05) is 0 Å². The highest BCUT2D eigenvalue weighted by Gasteiger charge is 2.37. The maximum atomic E-state index is 8.78. The minimum atomic E-state index is -2.78. The van der Waals surface area contributed by atoms with Gasteiger partial charge in [-0.15, -0.1) is 0 Å². The van der Waals surface area contributed by atoms with Crippen LogP contribution < -0.4 is 0 Å². The third-order valence-electron chi connectivity index (χ3n) is 1.26. The van der Waals surface area contributed by atoms with Gasteiger partial charge in [0.05, 0.1) is 13.2 Å². The molecule has 0 radical (unpaired) electrons. The van der Waals surface area contributed by atoms with E-state index in [4.69, 9.17) is 30.6 Å². The summed E-state index contributed by atoms with van der Waals surface area (Å²) >= 11 is 0. The lowest BCUT2D eigenvalue weighted by atomic mass is 10.1. The number of aliphatic hydroxyl groups is 6. The van der Waals surface area contributed by atoms with Crippen molar-refractivity contribution in [2.45, 2.75) is 18.0 Å². The van der Waals surface area contributed by atoms with E-state index in [0.29, 0.717) is 0 Å². The van der Waals surface area contributed by atoms with Crippen molar-refractivity contribution in [2.24, 2.45) is 0 Å². The van der Waals surface area contributed by atoms with Crippen molar-refractivity contribution in [3.63, 3.8) is 0 Å². The fourth-order valence-corrected chi connectivity index (χ4v) is 0.501. The average Bonchev–Trinajstić information content (AvgIpc) is 2.01. The molecule has 0 aromatic heterocycles. The first-order valence-electron chi connectivity index (χ1n) is 2.98. The Morgan fingerprint density at radius 3 is 1.82 bits per heavy atom. The van der Waals surface area contributed by atoms with Crippen LogP contribution in [0.15, 0.2) is 0 Å². The van der Waals surface area contributed by atoms with Gasteiger partial charge in [-0.1, -0.05) is 0 Å². The molecule has 0 aromatic rings. The Hall–Kier alpha value is -0.240. The zero-order chi connectivity index (χ0) is 9.07. The summed E-state index contributed by atoms with van der Waals surface area (Å²) in [6.07, 6.45) is -3.67. The molecule has 68 valence electrons. The van der Waals surface area contributed by atoms with E-state index in [9.17, 15) is 0 Å². The van der Waals surface area contributed by atoms with Gasteiger partial charge in [0.2, 0.25) is 5.79 Å². The molecule has 0 saturated carbocycles. The number of aliphatic hydroxyl groups excluding tert-OH is 4. The Labute approximate surface area is 63.0 Å². The minimum absolute atomic E-state index is 0.815. The molecule has 6 N–H and O–H groups in total. The largest absolute Gasteiger partial charge is 0.394 e. The van der Waals surface area contributed by atoms with Gasteiger partial charge in [-0.3, -0.25) is 0 Å². The first-order chi connectivity index (χ1) is 4.95. The van der Waals surface area contributed by atoms with E-state index in [1.807, 2.05) is 0 Å². The van der Waals surface area contributed by atoms with Crippen LogP contribution in [0.2, 0.25) is 0 Å².